The van der Waals surface area contributed by atoms with Crippen LogP contribution in [-0.2, 0) is 16.8 Å². The van der Waals surface area contributed by atoms with E-state index in [-0.39, 0.29) is 0 Å². The third kappa shape index (κ3) is 1.51. The standard InChI is InChI=1S/C22H21BrO/c23-21-17-15-11-16(24-12-13-7-3-1-4-8-13)18(17)20-19(15)22(20,21)14-9-5-2-6-10-14/h1-10,15-21H,11-12H2/t15?,16-,17?,18?,19?,20?,21?,22?/m0/s1. The number of halogens is 1. The summed E-state index contributed by atoms with van der Waals surface area (Å²) in [6.07, 6.45) is 1.75. The van der Waals surface area contributed by atoms with E-state index in [0.29, 0.717) is 16.3 Å². The van der Waals surface area contributed by atoms with E-state index in [1.807, 2.05) is 0 Å². The lowest BCUT2D eigenvalue weighted by Crippen LogP contribution is -2.23. The van der Waals surface area contributed by atoms with Gasteiger partial charge in [0.1, 0.15) is 0 Å². The highest BCUT2D eigenvalue weighted by Crippen LogP contribution is 2.88. The molecule has 2 aromatic rings. The number of benzene rings is 2. The van der Waals surface area contributed by atoms with Crippen LogP contribution in [0.1, 0.15) is 17.5 Å². The maximum absolute atomic E-state index is 6.43. The van der Waals surface area contributed by atoms with E-state index in [1.165, 1.54) is 12.0 Å². The first kappa shape index (κ1) is 14.1. The molecule has 6 bridgehead atoms. The summed E-state index contributed by atoms with van der Waals surface area (Å²) in [5, 5.41) is 0. The maximum atomic E-state index is 6.43. The smallest absolute Gasteiger partial charge is 0.0720 e. The molecule has 5 aliphatic rings. The summed E-state index contributed by atoms with van der Waals surface area (Å²) in [6, 6.07) is 21.9. The molecular formula is C22H21BrO. The molecule has 7 rings (SSSR count). The molecule has 0 spiro atoms. The first-order valence-corrected chi connectivity index (χ1v) is 10.1. The minimum Gasteiger partial charge on any atom is -0.373 e. The quantitative estimate of drug-likeness (QED) is 0.692. The zero-order chi connectivity index (χ0) is 15.9. The van der Waals surface area contributed by atoms with Gasteiger partial charge in [-0.05, 0) is 47.1 Å². The van der Waals surface area contributed by atoms with Crippen molar-refractivity contribution >= 4 is 15.9 Å². The molecule has 2 aromatic carbocycles. The third-order valence-corrected chi connectivity index (χ3v) is 8.87. The zero-order valence-electron chi connectivity index (χ0n) is 13.5. The Morgan fingerprint density at radius 3 is 2.33 bits per heavy atom. The van der Waals surface area contributed by atoms with Gasteiger partial charge in [0, 0.05) is 10.2 Å². The SMILES string of the molecule is BrC1C2C3C[C@H](OCc4ccccc4)C2C2C3C12c1ccccc1. The first-order chi connectivity index (χ1) is 11.8. The molecule has 0 radical (unpaired) electrons. The van der Waals surface area contributed by atoms with Gasteiger partial charge in [-0.15, -0.1) is 0 Å². The Labute approximate surface area is 151 Å². The van der Waals surface area contributed by atoms with Gasteiger partial charge in [-0.1, -0.05) is 76.6 Å². The fourth-order valence-corrected chi connectivity index (χ4v) is 8.56. The summed E-state index contributed by atoms with van der Waals surface area (Å²) in [6.45, 7) is 0.768. The molecule has 0 aromatic heterocycles. The summed E-state index contributed by atoms with van der Waals surface area (Å²) >= 11 is 4.14. The average Bonchev–Trinajstić information content (AvgIpc) is 2.83. The Morgan fingerprint density at radius 1 is 0.917 bits per heavy atom. The van der Waals surface area contributed by atoms with Crippen molar-refractivity contribution in [1.82, 2.24) is 0 Å². The lowest BCUT2D eigenvalue weighted by molar-refractivity contribution is -0.000415. The van der Waals surface area contributed by atoms with Gasteiger partial charge >= 0.3 is 0 Å². The number of hydrogen-bond acceptors (Lipinski definition) is 1. The fraction of sp³-hybridized carbons (Fsp3) is 0.455. The van der Waals surface area contributed by atoms with E-state index in [0.717, 1.165) is 36.2 Å². The zero-order valence-corrected chi connectivity index (χ0v) is 15.1. The molecule has 0 amide bonds. The van der Waals surface area contributed by atoms with Crippen molar-refractivity contribution in [1.29, 1.82) is 0 Å². The van der Waals surface area contributed by atoms with Gasteiger partial charge in [0.05, 0.1) is 12.7 Å². The molecule has 0 heterocycles. The van der Waals surface area contributed by atoms with E-state index >= 15 is 0 Å². The molecule has 5 fully saturated rings. The highest BCUT2D eigenvalue weighted by atomic mass is 79.9. The van der Waals surface area contributed by atoms with E-state index in [1.54, 1.807) is 5.56 Å². The van der Waals surface area contributed by atoms with Crippen molar-refractivity contribution in [3.8, 4) is 0 Å². The van der Waals surface area contributed by atoms with Crippen LogP contribution in [0.2, 0.25) is 0 Å². The van der Waals surface area contributed by atoms with Crippen LogP contribution in [-0.4, -0.2) is 10.9 Å². The molecule has 8 atom stereocenters. The predicted molar refractivity (Wildman–Crippen MR) is 97.9 cm³/mol. The largest absolute Gasteiger partial charge is 0.373 e. The van der Waals surface area contributed by atoms with E-state index in [2.05, 4.69) is 76.6 Å². The van der Waals surface area contributed by atoms with E-state index in [4.69, 9.17) is 4.74 Å². The van der Waals surface area contributed by atoms with Crippen LogP contribution in [0.5, 0.6) is 0 Å². The van der Waals surface area contributed by atoms with Crippen molar-refractivity contribution in [3.05, 3.63) is 71.8 Å². The topological polar surface area (TPSA) is 9.23 Å². The molecule has 0 saturated heterocycles. The summed E-state index contributed by atoms with van der Waals surface area (Å²) in [5.41, 5.74) is 3.29. The van der Waals surface area contributed by atoms with Gasteiger partial charge in [-0.25, -0.2) is 0 Å². The number of ether oxygens (including phenoxy) is 1. The van der Waals surface area contributed by atoms with Crippen LogP contribution in [0.4, 0.5) is 0 Å². The minimum absolute atomic E-state index is 0.423. The van der Waals surface area contributed by atoms with Crippen LogP contribution in [0.3, 0.4) is 0 Å². The third-order valence-electron chi connectivity index (χ3n) is 7.50. The van der Waals surface area contributed by atoms with Crippen LogP contribution in [0, 0.1) is 29.6 Å². The Kier molecular flexibility index (Phi) is 2.78. The molecule has 122 valence electrons. The minimum atomic E-state index is 0.423. The lowest BCUT2D eigenvalue weighted by Gasteiger charge is -2.22. The second-order valence-electron chi connectivity index (χ2n) is 8.14. The van der Waals surface area contributed by atoms with Gasteiger partial charge in [0.25, 0.3) is 0 Å². The Balaban J connectivity index is 1.27. The van der Waals surface area contributed by atoms with Crippen molar-refractivity contribution in [2.24, 2.45) is 29.6 Å². The molecule has 1 nitrogen and oxygen atoms in total. The van der Waals surface area contributed by atoms with Crippen molar-refractivity contribution < 1.29 is 4.74 Å². The number of rotatable bonds is 4. The van der Waals surface area contributed by atoms with Gasteiger partial charge < -0.3 is 4.74 Å². The lowest BCUT2D eigenvalue weighted by atomic mass is 9.93. The fourth-order valence-electron chi connectivity index (χ4n) is 6.94. The van der Waals surface area contributed by atoms with Crippen molar-refractivity contribution in [3.63, 3.8) is 0 Å². The van der Waals surface area contributed by atoms with E-state index < -0.39 is 0 Å². The summed E-state index contributed by atoms with van der Waals surface area (Å²) < 4.78 is 6.43. The second kappa shape index (κ2) is 4.74. The van der Waals surface area contributed by atoms with Gasteiger partial charge in [0.2, 0.25) is 0 Å². The van der Waals surface area contributed by atoms with Crippen molar-refractivity contribution in [2.75, 3.05) is 0 Å². The molecule has 24 heavy (non-hydrogen) atoms. The molecule has 5 saturated carbocycles. The molecule has 0 N–H and O–H groups in total. The molecule has 7 unspecified atom stereocenters. The summed E-state index contributed by atoms with van der Waals surface area (Å²) in [7, 11) is 0. The van der Waals surface area contributed by atoms with Crippen molar-refractivity contribution in [2.45, 2.75) is 29.4 Å². The van der Waals surface area contributed by atoms with Crippen LogP contribution in [0.15, 0.2) is 60.7 Å². The highest BCUT2D eigenvalue weighted by molar-refractivity contribution is 9.09. The van der Waals surface area contributed by atoms with Gasteiger partial charge in [-0.2, -0.15) is 0 Å². The molecule has 2 heteroatoms. The molecule has 0 aliphatic heterocycles. The Morgan fingerprint density at radius 2 is 1.62 bits per heavy atom. The first-order valence-electron chi connectivity index (χ1n) is 9.18. The molecule has 5 aliphatic carbocycles. The molecular weight excluding hydrogens is 360 g/mol. The van der Waals surface area contributed by atoms with Gasteiger partial charge in [0.15, 0.2) is 0 Å². The Hall–Kier alpha value is -1.12. The average molecular weight is 381 g/mol. The Bertz CT molecular complexity index is 771. The number of alkyl halides is 1. The van der Waals surface area contributed by atoms with Crippen LogP contribution < -0.4 is 0 Å². The normalized spacial score (nSPS) is 46.5. The maximum Gasteiger partial charge on any atom is 0.0720 e. The second-order valence-corrected chi connectivity index (χ2v) is 9.13. The summed E-state index contributed by atoms with van der Waals surface area (Å²) in [4.78, 5) is 0.655. The van der Waals surface area contributed by atoms with Crippen LogP contribution in [0.25, 0.3) is 0 Å². The van der Waals surface area contributed by atoms with Crippen LogP contribution >= 0.6 is 15.9 Å². The monoisotopic (exact) mass is 380 g/mol. The highest BCUT2D eigenvalue weighted by Gasteiger charge is 2.89. The van der Waals surface area contributed by atoms with E-state index in [9.17, 15) is 0 Å². The number of hydrogen-bond donors (Lipinski definition) is 0. The predicted octanol–water partition coefficient (Wildman–Crippen LogP) is 4.80. The summed E-state index contributed by atoms with van der Waals surface area (Å²) in [5.74, 6) is 4.25. The van der Waals surface area contributed by atoms with Gasteiger partial charge in [-0.3, -0.25) is 0 Å².